The largest absolute Gasteiger partial charge is 0.454 e. The molecule has 1 aliphatic rings. The number of aromatic amines is 1. The number of aryl methyl sites for hydroxylation is 1. The lowest BCUT2D eigenvalue weighted by Gasteiger charge is -2.13. The number of aromatic nitrogens is 3. The van der Waals surface area contributed by atoms with Gasteiger partial charge in [0.05, 0.1) is 6.54 Å². The van der Waals surface area contributed by atoms with Gasteiger partial charge in [-0.1, -0.05) is 31.0 Å². The molecule has 1 saturated carbocycles. The number of benzene rings is 2. The molecule has 2 N–H and O–H groups in total. The molecular weight excluding hydrogens is 468 g/mol. The van der Waals surface area contributed by atoms with E-state index in [9.17, 15) is 9.59 Å². The minimum Gasteiger partial charge on any atom is -0.454 e. The van der Waals surface area contributed by atoms with Crippen LogP contribution < -0.4 is 15.6 Å². The van der Waals surface area contributed by atoms with E-state index in [2.05, 4.69) is 10.3 Å². The van der Waals surface area contributed by atoms with E-state index in [1.54, 1.807) is 17.8 Å². The van der Waals surface area contributed by atoms with Gasteiger partial charge in [-0.2, -0.15) is 0 Å². The summed E-state index contributed by atoms with van der Waals surface area (Å²) in [5.74, 6) is 2.09. The van der Waals surface area contributed by atoms with Crippen molar-refractivity contribution >= 4 is 27.9 Å². The predicted molar refractivity (Wildman–Crippen MR) is 141 cm³/mol. The Morgan fingerprint density at radius 3 is 2.76 bits per heavy atom. The molecule has 6 rings (SSSR count). The van der Waals surface area contributed by atoms with Crippen LogP contribution in [0.5, 0.6) is 11.5 Å². The van der Waals surface area contributed by atoms with E-state index in [1.807, 2.05) is 54.7 Å². The van der Waals surface area contributed by atoms with E-state index in [4.69, 9.17) is 14.1 Å². The molecule has 3 heterocycles. The molecule has 3 aromatic heterocycles. The van der Waals surface area contributed by atoms with Crippen molar-refractivity contribution in [2.24, 2.45) is 13.0 Å². The monoisotopic (exact) mass is 496 g/mol. The first-order valence-corrected chi connectivity index (χ1v) is 12.7. The third kappa shape index (κ3) is 4.50. The fourth-order valence-corrected chi connectivity index (χ4v) is 5.22. The molecule has 0 bridgehead atoms. The van der Waals surface area contributed by atoms with Crippen LogP contribution in [0.1, 0.15) is 38.0 Å². The highest BCUT2D eigenvalue weighted by Crippen LogP contribution is 2.41. The van der Waals surface area contributed by atoms with Crippen LogP contribution in [0, 0.1) is 5.92 Å². The summed E-state index contributed by atoms with van der Waals surface area (Å²) >= 11 is 0. The van der Waals surface area contributed by atoms with Gasteiger partial charge >= 0.3 is 0 Å². The van der Waals surface area contributed by atoms with Crippen LogP contribution in [0.3, 0.4) is 0 Å². The Bertz CT molecular complexity index is 1640. The quantitative estimate of drug-likeness (QED) is 0.303. The van der Waals surface area contributed by atoms with E-state index in [0.717, 1.165) is 29.4 Å². The van der Waals surface area contributed by atoms with Crippen molar-refractivity contribution in [3.63, 3.8) is 0 Å². The number of ether oxygens (including phenoxy) is 1. The fourth-order valence-electron chi connectivity index (χ4n) is 5.22. The zero-order chi connectivity index (χ0) is 25.4. The minimum absolute atomic E-state index is 0.0238. The number of H-pyrrole nitrogens is 1. The van der Waals surface area contributed by atoms with Gasteiger partial charge in [0.1, 0.15) is 11.3 Å². The normalized spacial score (nSPS) is 14.0. The first-order valence-electron chi connectivity index (χ1n) is 12.7. The van der Waals surface area contributed by atoms with Crippen LogP contribution in [0.2, 0.25) is 0 Å². The van der Waals surface area contributed by atoms with Crippen molar-refractivity contribution in [2.45, 2.75) is 38.6 Å². The Morgan fingerprint density at radius 2 is 1.95 bits per heavy atom. The highest BCUT2D eigenvalue weighted by atomic mass is 16.5. The smallest absolute Gasteiger partial charge is 0.274 e. The third-order valence-electron chi connectivity index (χ3n) is 7.09. The molecule has 0 saturated heterocycles. The Hall–Kier alpha value is -4.33. The summed E-state index contributed by atoms with van der Waals surface area (Å²) < 4.78 is 14.0. The number of fused-ring (bicyclic) bond motifs is 2. The SMILES string of the molecule is Cn1cc(-c2ccc3oc(CNC(=O)CC4CCCC4)nc3c2Oc2ccccc2)c2cc[nH]c2c1=O. The Labute approximate surface area is 213 Å². The van der Waals surface area contributed by atoms with E-state index >= 15 is 0 Å². The average Bonchev–Trinajstić information content (AvgIpc) is 3.67. The lowest BCUT2D eigenvalue weighted by molar-refractivity contribution is -0.122. The molecule has 0 spiro atoms. The molecule has 0 unspecified atom stereocenters. The molecule has 1 fully saturated rings. The molecular formula is C29H28N4O4. The average molecular weight is 497 g/mol. The second-order valence-electron chi connectivity index (χ2n) is 9.67. The van der Waals surface area contributed by atoms with Crippen molar-refractivity contribution in [1.29, 1.82) is 0 Å². The van der Waals surface area contributed by atoms with E-state index in [-0.39, 0.29) is 18.0 Å². The first-order chi connectivity index (χ1) is 18.1. The van der Waals surface area contributed by atoms with Crippen molar-refractivity contribution < 1.29 is 13.9 Å². The summed E-state index contributed by atoms with van der Waals surface area (Å²) in [7, 11) is 1.73. The molecule has 2 aromatic carbocycles. The Kier molecular flexibility index (Phi) is 6.00. The standard InChI is InChI=1S/C29H28N4O4/c1-33-17-22(20-13-14-30-26(20)29(33)35)21-11-12-23-27(28(21)36-19-9-3-2-4-10-19)32-25(37-23)16-31-24(34)15-18-7-5-6-8-18/h2-4,9-14,17-18,30H,5-8,15-16H2,1H3,(H,31,34). The van der Waals surface area contributed by atoms with Crippen LogP contribution in [0.15, 0.2) is 70.1 Å². The molecule has 1 aliphatic carbocycles. The maximum atomic E-state index is 12.6. The van der Waals surface area contributed by atoms with Gasteiger partial charge < -0.3 is 24.0 Å². The molecule has 188 valence electrons. The summed E-state index contributed by atoms with van der Waals surface area (Å²) in [4.78, 5) is 32.9. The molecule has 8 nitrogen and oxygen atoms in total. The number of oxazole rings is 1. The molecule has 37 heavy (non-hydrogen) atoms. The van der Waals surface area contributed by atoms with Gasteiger partial charge in [0.25, 0.3) is 5.56 Å². The third-order valence-corrected chi connectivity index (χ3v) is 7.09. The van der Waals surface area contributed by atoms with Crippen LogP contribution >= 0.6 is 0 Å². The number of hydrogen-bond acceptors (Lipinski definition) is 5. The van der Waals surface area contributed by atoms with Gasteiger partial charge in [0, 0.05) is 42.4 Å². The topological polar surface area (TPSA) is 102 Å². The second-order valence-corrected chi connectivity index (χ2v) is 9.67. The van der Waals surface area contributed by atoms with E-state index in [0.29, 0.717) is 46.3 Å². The molecule has 5 aromatic rings. The summed E-state index contributed by atoms with van der Waals surface area (Å²) in [5, 5.41) is 3.75. The number of para-hydroxylation sites is 1. The molecule has 0 aliphatic heterocycles. The van der Waals surface area contributed by atoms with Gasteiger partial charge in [-0.3, -0.25) is 9.59 Å². The van der Waals surface area contributed by atoms with Gasteiger partial charge in [-0.15, -0.1) is 0 Å². The maximum Gasteiger partial charge on any atom is 0.274 e. The van der Waals surface area contributed by atoms with E-state index in [1.165, 1.54) is 12.8 Å². The molecule has 0 radical (unpaired) electrons. The second kappa shape index (κ2) is 9.61. The zero-order valence-corrected chi connectivity index (χ0v) is 20.6. The number of carbonyl (C=O) groups is 1. The molecule has 0 atom stereocenters. The number of pyridine rings is 1. The number of carbonyl (C=O) groups excluding carboxylic acids is 1. The number of hydrogen-bond donors (Lipinski definition) is 2. The number of nitrogens with zero attached hydrogens (tertiary/aromatic N) is 2. The predicted octanol–water partition coefficient (Wildman–Crippen LogP) is 5.66. The highest BCUT2D eigenvalue weighted by molar-refractivity contribution is 5.99. The van der Waals surface area contributed by atoms with Crippen molar-refractivity contribution in [3.8, 4) is 22.6 Å². The summed E-state index contributed by atoms with van der Waals surface area (Å²) in [6.07, 6.45) is 8.78. The van der Waals surface area contributed by atoms with Gasteiger partial charge in [-0.25, -0.2) is 4.98 Å². The fraction of sp³-hybridized carbons (Fsp3) is 0.276. The summed E-state index contributed by atoms with van der Waals surface area (Å²) in [6, 6.07) is 15.1. The van der Waals surface area contributed by atoms with Crippen LogP contribution in [0.4, 0.5) is 0 Å². The first kappa shape index (κ1) is 23.1. The number of rotatable bonds is 7. The highest BCUT2D eigenvalue weighted by Gasteiger charge is 2.22. The van der Waals surface area contributed by atoms with E-state index < -0.39 is 0 Å². The van der Waals surface area contributed by atoms with Crippen LogP contribution in [-0.2, 0) is 18.4 Å². The van der Waals surface area contributed by atoms with Crippen LogP contribution in [0.25, 0.3) is 33.1 Å². The maximum absolute atomic E-state index is 12.6. The van der Waals surface area contributed by atoms with Gasteiger partial charge in [0.15, 0.2) is 16.8 Å². The number of nitrogens with one attached hydrogen (secondary N) is 2. The zero-order valence-electron chi connectivity index (χ0n) is 20.6. The number of amides is 1. The van der Waals surface area contributed by atoms with Crippen molar-refractivity contribution in [1.82, 2.24) is 19.9 Å². The minimum atomic E-state index is -0.104. The van der Waals surface area contributed by atoms with Crippen LogP contribution in [-0.4, -0.2) is 20.4 Å². The van der Waals surface area contributed by atoms with Gasteiger partial charge in [0.2, 0.25) is 11.8 Å². The van der Waals surface area contributed by atoms with Crippen molar-refractivity contribution in [2.75, 3.05) is 0 Å². The Balaban J connectivity index is 1.40. The van der Waals surface area contributed by atoms with Gasteiger partial charge in [-0.05, 0) is 49.1 Å². The summed E-state index contributed by atoms with van der Waals surface area (Å²) in [5.41, 5.74) is 3.15. The Morgan fingerprint density at radius 1 is 1.14 bits per heavy atom. The molecule has 1 amide bonds. The molecule has 8 heteroatoms. The lowest BCUT2D eigenvalue weighted by atomic mass is 10.0. The lowest BCUT2D eigenvalue weighted by Crippen LogP contribution is -2.24. The van der Waals surface area contributed by atoms with Crippen molar-refractivity contribution in [3.05, 3.63) is 77.2 Å². The summed E-state index contributed by atoms with van der Waals surface area (Å²) in [6.45, 7) is 0.211.